The standard InChI is InChI=1S/C25H30ClN3O2S2/c1-19-10-11-21(26)24-23(19)27-25(33-24)29(13-6-12-28-14-16-31-17-15-28)22(30)9-5-18-32-20-7-3-2-4-8-20/h2-4,7-8,10-11H,5-6,9,12-18H2,1H3. The van der Waals surface area contributed by atoms with E-state index in [0.717, 1.165) is 72.4 Å². The SMILES string of the molecule is Cc1ccc(Cl)c2sc(N(CCCN3CCOCC3)C(=O)CCCSc3ccccc3)nc12. The molecule has 0 saturated carbocycles. The minimum absolute atomic E-state index is 0.137. The number of amides is 1. The van der Waals surface area contributed by atoms with Crippen molar-refractivity contribution >= 4 is 56.0 Å². The van der Waals surface area contributed by atoms with E-state index in [9.17, 15) is 4.79 Å². The van der Waals surface area contributed by atoms with E-state index in [1.54, 1.807) is 11.8 Å². The lowest BCUT2D eigenvalue weighted by atomic mass is 10.2. The van der Waals surface area contributed by atoms with E-state index in [-0.39, 0.29) is 5.91 Å². The van der Waals surface area contributed by atoms with Gasteiger partial charge in [0.25, 0.3) is 0 Å². The fourth-order valence-electron chi connectivity index (χ4n) is 3.88. The highest BCUT2D eigenvalue weighted by Crippen LogP contribution is 2.36. The van der Waals surface area contributed by atoms with Crippen LogP contribution in [0.15, 0.2) is 47.4 Å². The molecule has 0 aliphatic carbocycles. The predicted octanol–water partition coefficient (Wildman–Crippen LogP) is 5.89. The number of carbonyl (C=O) groups is 1. The zero-order valence-corrected chi connectivity index (χ0v) is 21.4. The molecule has 0 radical (unpaired) electrons. The Bertz CT molecular complexity index is 1020. The van der Waals surface area contributed by atoms with Gasteiger partial charge in [0.15, 0.2) is 5.13 Å². The zero-order chi connectivity index (χ0) is 23.0. The van der Waals surface area contributed by atoms with Crippen LogP contribution in [-0.4, -0.2) is 60.9 Å². The molecule has 1 saturated heterocycles. The van der Waals surface area contributed by atoms with Crippen LogP contribution in [0, 0.1) is 6.92 Å². The van der Waals surface area contributed by atoms with Gasteiger partial charge in [-0.15, -0.1) is 11.8 Å². The van der Waals surface area contributed by atoms with Crippen molar-refractivity contribution in [2.75, 3.05) is 50.0 Å². The molecule has 5 nitrogen and oxygen atoms in total. The van der Waals surface area contributed by atoms with Gasteiger partial charge in [-0.3, -0.25) is 14.6 Å². The van der Waals surface area contributed by atoms with Crippen LogP contribution in [0.5, 0.6) is 0 Å². The fraction of sp³-hybridized carbons (Fsp3) is 0.440. The van der Waals surface area contributed by atoms with Crippen molar-refractivity contribution in [3.63, 3.8) is 0 Å². The van der Waals surface area contributed by atoms with Crippen molar-refractivity contribution in [2.24, 2.45) is 0 Å². The third kappa shape index (κ3) is 6.70. The van der Waals surface area contributed by atoms with Crippen LogP contribution >= 0.6 is 34.7 Å². The van der Waals surface area contributed by atoms with Gasteiger partial charge in [0, 0.05) is 37.5 Å². The first-order chi connectivity index (χ1) is 16.1. The Morgan fingerprint density at radius 3 is 2.73 bits per heavy atom. The number of ether oxygens (including phenoxy) is 1. The summed E-state index contributed by atoms with van der Waals surface area (Å²) in [7, 11) is 0. The number of anilines is 1. The number of thioether (sulfide) groups is 1. The molecule has 2 aromatic carbocycles. The minimum Gasteiger partial charge on any atom is -0.379 e. The molecule has 0 unspecified atom stereocenters. The molecule has 1 fully saturated rings. The van der Waals surface area contributed by atoms with Gasteiger partial charge < -0.3 is 4.74 Å². The van der Waals surface area contributed by atoms with Gasteiger partial charge in [-0.05, 0) is 49.3 Å². The van der Waals surface area contributed by atoms with E-state index in [4.69, 9.17) is 21.3 Å². The number of halogens is 1. The summed E-state index contributed by atoms with van der Waals surface area (Å²) in [6.45, 7) is 7.16. The maximum atomic E-state index is 13.3. The lowest BCUT2D eigenvalue weighted by Gasteiger charge is -2.27. The van der Waals surface area contributed by atoms with Gasteiger partial charge in [-0.25, -0.2) is 4.98 Å². The molecule has 176 valence electrons. The van der Waals surface area contributed by atoms with E-state index in [1.165, 1.54) is 16.2 Å². The molecule has 0 N–H and O–H groups in total. The van der Waals surface area contributed by atoms with Gasteiger partial charge in [-0.2, -0.15) is 0 Å². The monoisotopic (exact) mass is 503 g/mol. The van der Waals surface area contributed by atoms with E-state index >= 15 is 0 Å². The number of hydrogen-bond acceptors (Lipinski definition) is 6. The highest BCUT2D eigenvalue weighted by Gasteiger charge is 2.21. The van der Waals surface area contributed by atoms with Gasteiger partial charge in [0.05, 0.1) is 28.5 Å². The number of morpholine rings is 1. The van der Waals surface area contributed by atoms with E-state index in [0.29, 0.717) is 18.0 Å². The van der Waals surface area contributed by atoms with E-state index < -0.39 is 0 Å². The molecule has 4 rings (SSSR count). The lowest BCUT2D eigenvalue weighted by Crippen LogP contribution is -2.39. The number of thiazole rings is 1. The van der Waals surface area contributed by atoms with E-state index in [1.807, 2.05) is 42.2 Å². The Morgan fingerprint density at radius 1 is 1.18 bits per heavy atom. The van der Waals surface area contributed by atoms with Crippen LogP contribution in [0.1, 0.15) is 24.8 Å². The van der Waals surface area contributed by atoms with Crippen LogP contribution in [0.4, 0.5) is 5.13 Å². The van der Waals surface area contributed by atoms with Gasteiger partial charge in [-0.1, -0.05) is 47.2 Å². The molecule has 3 aromatic rings. The maximum Gasteiger partial charge on any atom is 0.228 e. The summed E-state index contributed by atoms with van der Waals surface area (Å²) in [5.41, 5.74) is 1.98. The fourth-order valence-corrected chi connectivity index (χ4v) is 6.11. The Labute approximate surface area is 209 Å². The van der Waals surface area contributed by atoms with Crippen LogP contribution < -0.4 is 4.90 Å². The minimum atomic E-state index is 0.137. The average Bonchev–Trinajstić information content (AvgIpc) is 3.30. The quantitative estimate of drug-likeness (QED) is 0.255. The molecule has 0 spiro atoms. The number of nitrogens with zero attached hydrogens (tertiary/aromatic N) is 3. The van der Waals surface area contributed by atoms with Crippen molar-refractivity contribution in [1.29, 1.82) is 0 Å². The molecule has 1 aliphatic heterocycles. The number of rotatable bonds is 10. The largest absolute Gasteiger partial charge is 0.379 e. The van der Waals surface area contributed by atoms with Gasteiger partial charge in [0.1, 0.15) is 0 Å². The molecule has 1 amide bonds. The molecule has 0 atom stereocenters. The molecule has 8 heteroatoms. The molecule has 1 aromatic heterocycles. The number of hydrogen-bond donors (Lipinski definition) is 0. The summed E-state index contributed by atoms with van der Waals surface area (Å²) >= 11 is 9.75. The van der Waals surface area contributed by atoms with Crippen LogP contribution in [0.2, 0.25) is 5.02 Å². The van der Waals surface area contributed by atoms with Crippen molar-refractivity contribution < 1.29 is 9.53 Å². The Morgan fingerprint density at radius 2 is 1.97 bits per heavy atom. The van der Waals surface area contributed by atoms with Crippen molar-refractivity contribution in [3.05, 3.63) is 53.1 Å². The highest BCUT2D eigenvalue weighted by molar-refractivity contribution is 7.99. The third-order valence-electron chi connectivity index (χ3n) is 5.72. The summed E-state index contributed by atoms with van der Waals surface area (Å²) in [5, 5.41) is 1.45. The lowest BCUT2D eigenvalue weighted by molar-refractivity contribution is -0.118. The number of carbonyl (C=O) groups excluding carboxylic acids is 1. The predicted molar refractivity (Wildman–Crippen MR) is 140 cm³/mol. The Kier molecular flexibility index (Phi) is 9.03. The summed E-state index contributed by atoms with van der Waals surface area (Å²) in [6.07, 6.45) is 2.26. The summed E-state index contributed by atoms with van der Waals surface area (Å²) in [6, 6.07) is 14.2. The van der Waals surface area contributed by atoms with Crippen LogP contribution in [-0.2, 0) is 9.53 Å². The van der Waals surface area contributed by atoms with Crippen molar-refractivity contribution in [3.8, 4) is 0 Å². The number of aryl methyl sites for hydroxylation is 1. The summed E-state index contributed by atoms with van der Waals surface area (Å²) in [5.74, 6) is 1.06. The van der Waals surface area contributed by atoms with Crippen LogP contribution in [0.3, 0.4) is 0 Å². The number of benzene rings is 2. The summed E-state index contributed by atoms with van der Waals surface area (Å²) < 4.78 is 6.40. The van der Waals surface area contributed by atoms with Gasteiger partial charge >= 0.3 is 0 Å². The zero-order valence-electron chi connectivity index (χ0n) is 19.0. The normalized spacial score (nSPS) is 14.6. The van der Waals surface area contributed by atoms with Crippen LogP contribution in [0.25, 0.3) is 10.2 Å². The first-order valence-corrected chi connectivity index (χ1v) is 13.6. The molecular weight excluding hydrogens is 474 g/mol. The van der Waals surface area contributed by atoms with E-state index in [2.05, 4.69) is 17.0 Å². The average molecular weight is 504 g/mol. The molecule has 1 aliphatic rings. The molecule has 33 heavy (non-hydrogen) atoms. The summed E-state index contributed by atoms with van der Waals surface area (Å²) in [4.78, 5) is 23.7. The number of fused-ring (bicyclic) bond motifs is 1. The number of aromatic nitrogens is 1. The second-order valence-corrected chi connectivity index (χ2v) is 10.7. The van der Waals surface area contributed by atoms with Crippen molar-refractivity contribution in [1.82, 2.24) is 9.88 Å². The Balaban J connectivity index is 1.41. The van der Waals surface area contributed by atoms with Gasteiger partial charge in [0.2, 0.25) is 5.91 Å². The third-order valence-corrected chi connectivity index (χ3v) is 8.36. The molecule has 2 heterocycles. The van der Waals surface area contributed by atoms with Crippen molar-refractivity contribution in [2.45, 2.75) is 31.1 Å². The first kappa shape index (κ1) is 24.5. The first-order valence-electron chi connectivity index (χ1n) is 11.5. The Hall–Kier alpha value is -1.64. The topological polar surface area (TPSA) is 45.7 Å². The second kappa shape index (κ2) is 12.2. The second-order valence-electron chi connectivity index (χ2n) is 8.16. The molecular formula is C25H30ClN3O2S2. The highest BCUT2D eigenvalue weighted by atomic mass is 35.5. The maximum absolute atomic E-state index is 13.3. The smallest absolute Gasteiger partial charge is 0.228 e. The molecule has 0 bridgehead atoms.